The molecule has 0 amide bonds. The number of halogens is 2. The van der Waals surface area contributed by atoms with Crippen molar-refractivity contribution in [2.75, 3.05) is 0 Å². The quantitative estimate of drug-likeness (QED) is 0.567. The number of aromatic nitrogens is 2. The third-order valence-corrected chi connectivity index (χ3v) is 4.58. The molecule has 0 fully saturated rings. The summed E-state index contributed by atoms with van der Waals surface area (Å²) in [6, 6.07) is 8.41. The lowest BCUT2D eigenvalue weighted by atomic mass is 10.1. The van der Waals surface area contributed by atoms with Crippen molar-refractivity contribution < 1.29 is 0 Å². The van der Waals surface area contributed by atoms with Crippen molar-refractivity contribution in [2.45, 2.75) is 33.1 Å². The Balaban J connectivity index is 2.30. The minimum Gasteiger partial charge on any atom is -0.236 e. The van der Waals surface area contributed by atoms with Crippen LogP contribution in [0.15, 0.2) is 24.3 Å². The van der Waals surface area contributed by atoms with Crippen LogP contribution in [-0.2, 0) is 12.8 Å². The summed E-state index contributed by atoms with van der Waals surface area (Å²) in [5.74, 6) is 0.805. The molecule has 0 radical (unpaired) electrons. The van der Waals surface area contributed by atoms with Crippen molar-refractivity contribution in [2.24, 2.45) is 0 Å². The minimum absolute atomic E-state index is 0.571. The summed E-state index contributed by atoms with van der Waals surface area (Å²) in [4.78, 5) is 9.03. The number of hydrogen-bond donors (Lipinski definition) is 0. The van der Waals surface area contributed by atoms with E-state index in [2.05, 4.69) is 70.7 Å². The van der Waals surface area contributed by atoms with Crippen molar-refractivity contribution >= 4 is 34.2 Å². The van der Waals surface area contributed by atoms with Gasteiger partial charge in [0.15, 0.2) is 0 Å². The summed E-state index contributed by atoms with van der Waals surface area (Å²) in [5, 5.41) is 0.571. The smallest absolute Gasteiger partial charge is 0.146 e. The second-order valence-electron chi connectivity index (χ2n) is 4.61. The zero-order valence-corrected chi connectivity index (χ0v) is 14.0. The van der Waals surface area contributed by atoms with Gasteiger partial charge in [0.25, 0.3) is 0 Å². The van der Waals surface area contributed by atoms with Crippen LogP contribution in [0, 0.1) is 10.5 Å². The third-order valence-electron chi connectivity index (χ3n) is 2.86. The normalized spacial score (nSPS) is 10.7. The van der Waals surface area contributed by atoms with Gasteiger partial charge >= 0.3 is 0 Å². The molecule has 0 aliphatic carbocycles. The molecule has 2 nitrogen and oxygen atoms in total. The highest BCUT2D eigenvalue weighted by Gasteiger charge is 2.10. The summed E-state index contributed by atoms with van der Waals surface area (Å²) in [5.41, 5.74) is 3.54. The van der Waals surface area contributed by atoms with Gasteiger partial charge in [-0.25, -0.2) is 9.97 Å². The van der Waals surface area contributed by atoms with Crippen molar-refractivity contribution in [3.05, 3.63) is 55.6 Å². The SMILES string of the molecule is CCCc1nc(Cc2cccc(C)c2)nc(Cl)c1I. The van der Waals surface area contributed by atoms with Gasteiger partial charge in [-0.2, -0.15) is 0 Å². The second-order valence-corrected chi connectivity index (χ2v) is 6.04. The molecule has 1 heterocycles. The van der Waals surface area contributed by atoms with E-state index in [4.69, 9.17) is 11.6 Å². The maximum atomic E-state index is 6.19. The first-order valence-electron chi connectivity index (χ1n) is 6.36. The van der Waals surface area contributed by atoms with E-state index in [1.165, 1.54) is 11.1 Å². The van der Waals surface area contributed by atoms with Gasteiger partial charge in [0, 0.05) is 6.42 Å². The van der Waals surface area contributed by atoms with Gasteiger partial charge in [-0.3, -0.25) is 0 Å². The van der Waals surface area contributed by atoms with E-state index in [1.807, 2.05) is 0 Å². The number of rotatable bonds is 4. The highest BCUT2D eigenvalue weighted by molar-refractivity contribution is 14.1. The van der Waals surface area contributed by atoms with Crippen molar-refractivity contribution in [3.63, 3.8) is 0 Å². The standard InChI is InChI=1S/C15H16ClIN2/c1-3-5-12-14(17)15(16)19-13(18-12)9-11-7-4-6-10(2)8-11/h4,6-8H,3,5,9H2,1-2H3. The number of aryl methyl sites for hydroxylation is 2. The first-order valence-corrected chi connectivity index (χ1v) is 7.82. The van der Waals surface area contributed by atoms with Crippen LogP contribution < -0.4 is 0 Å². The van der Waals surface area contributed by atoms with Gasteiger partial charge in [-0.05, 0) is 41.5 Å². The van der Waals surface area contributed by atoms with Crippen LogP contribution in [0.5, 0.6) is 0 Å². The van der Waals surface area contributed by atoms with Gasteiger partial charge in [-0.15, -0.1) is 0 Å². The number of nitrogens with zero attached hydrogens (tertiary/aromatic N) is 2. The van der Waals surface area contributed by atoms with Crippen molar-refractivity contribution in [1.82, 2.24) is 9.97 Å². The average molecular weight is 387 g/mol. The van der Waals surface area contributed by atoms with Crippen LogP contribution in [0.3, 0.4) is 0 Å². The maximum absolute atomic E-state index is 6.19. The summed E-state index contributed by atoms with van der Waals surface area (Å²) in [6.07, 6.45) is 2.74. The summed E-state index contributed by atoms with van der Waals surface area (Å²) < 4.78 is 0.981. The Hall–Kier alpha value is -0.680. The molecule has 1 aromatic heterocycles. The molecule has 0 saturated heterocycles. The Morgan fingerprint density at radius 2 is 2.05 bits per heavy atom. The summed E-state index contributed by atoms with van der Waals surface area (Å²) in [7, 11) is 0. The van der Waals surface area contributed by atoms with E-state index >= 15 is 0 Å². The van der Waals surface area contributed by atoms with Crippen molar-refractivity contribution in [1.29, 1.82) is 0 Å². The van der Waals surface area contributed by atoms with Crippen LogP contribution in [0.4, 0.5) is 0 Å². The highest BCUT2D eigenvalue weighted by Crippen LogP contribution is 2.21. The number of hydrogen-bond acceptors (Lipinski definition) is 2. The summed E-state index contributed by atoms with van der Waals surface area (Å²) in [6.45, 7) is 4.24. The molecule has 0 bridgehead atoms. The Bertz CT molecular complexity index is 584. The fraction of sp³-hybridized carbons (Fsp3) is 0.333. The predicted molar refractivity (Wildman–Crippen MR) is 87.7 cm³/mol. The Morgan fingerprint density at radius 3 is 2.74 bits per heavy atom. The second kappa shape index (κ2) is 6.66. The molecule has 0 aliphatic rings. The minimum atomic E-state index is 0.571. The molecule has 4 heteroatoms. The molecular weight excluding hydrogens is 371 g/mol. The Labute approximate surface area is 132 Å². The molecular formula is C15H16ClIN2. The maximum Gasteiger partial charge on any atom is 0.146 e. The highest BCUT2D eigenvalue weighted by atomic mass is 127. The fourth-order valence-electron chi connectivity index (χ4n) is 2.00. The van der Waals surface area contributed by atoms with Crippen LogP contribution in [0.25, 0.3) is 0 Å². The molecule has 1 aromatic carbocycles. The molecule has 19 heavy (non-hydrogen) atoms. The molecule has 0 spiro atoms. The number of benzene rings is 1. The van der Waals surface area contributed by atoms with Gasteiger partial charge in [-0.1, -0.05) is 54.8 Å². The van der Waals surface area contributed by atoms with E-state index in [-0.39, 0.29) is 0 Å². The molecule has 2 aromatic rings. The molecule has 0 saturated carbocycles. The Kier molecular flexibility index (Phi) is 5.16. The van der Waals surface area contributed by atoms with Gasteiger partial charge in [0.1, 0.15) is 11.0 Å². The lowest BCUT2D eigenvalue weighted by Gasteiger charge is -2.08. The zero-order valence-electron chi connectivity index (χ0n) is 11.1. The van der Waals surface area contributed by atoms with Crippen LogP contribution in [0.2, 0.25) is 5.15 Å². The molecule has 0 atom stereocenters. The van der Waals surface area contributed by atoms with E-state index in [1.54, 1.807) is 0 Å². The van der Waals surface area contributed by atoms with Crippen LogP contribution >= 0.6 is 34.2 Å². The predicted octanol–water partition coefficient (Wildman–Crippen LogP) is 4.59. The van der Waals surface area contributed by atoms with E-state index in [0.717, 1.165) is 34.4 Å². The molecule has 0 unspecified atom stereocenters. The first-order chi connectivity index (χ1) is 9.10. The lowest BCUT2D eigenvalue weighted by molar-refractivity contribution is 0.833. The van der Waals surface area contributed by atoms with Gasteiger partial charge < -0.3 is 0 Å². The van der Waals surface area contributed by atoms with Gasteiger partial charge in [0.2, 0.25) is 0 Å². The topological polar surface area (TPSA) is 25.8 Å². The molecule has 0 aliphatic heterocycles. The van der Waals surface area contributed by atoms with Crippen molar-refractivity contribution in [3.8, 4) is 0 Å². The zero-order chi connectivity index (χ0) is 13.8. The van der Waals surface area contributed by atoms with Crippen LogP contribution in [0.1, 0.15) is 36.0 Å². The summed E-state index contributed by atoms with van der Waals surface area (Å²) >= 11 is 8.42. The molecule has 2 rings (SSSR count). The Morgan fingerprint density at radius 1 is 1.26 bits per heavy atom. The third kappa shape index (κ3) is 3.89. The van der Waals surface area contributed by atoms with Gasteiger partial charge in [0.05, 0.1) is 9.26 Å². The van der Waals surface area contributed by atoms with E-state index in [0.29, 0.717) is 5.15 Å². The lowest BCUT2D eigenvalue weighted by Crippen LogP contribution is -2.04. The molecule has 0 N–H and O–H groups in total. The first kappa shape index (κ1) is 14.7. The van der Waals surface area contributed by atoms with E-state index in [9.17, 15) is 0 Å². The largest absolute Gasteiger partial charge is 0.236 e. The van der Waals surface area contributed by atoms with E-state index < -0.39 is 0 Å². The average Bonchev–Trinajstić information content (AvgIpc) is 2.35. The molecule has 100 valence electrons. The monoisotopic (exact) mass is 386 g/mol. The van der Waals surface area contributed by atoms with Crippen LogP contribution in [-0.4, -0.2) is 9.97 Å². The fourth-order valence-corrected chi connectivity index (χ4v) is 2.72.